The molecule has 0 saturated heterocycles. The third-order valence-corrected chi connectivity index (χ3v) is 7.17. The van der Waals surface area contributed by atoms with Crippen molar-refractivity contribution in [3.63, 3.8) is 0 Å². The maximum atomic E-state index is 15.2. The van der Waals surface area contributed by atoms with Crippen molar-refractivity contribution in [1.29, 1.82) is 0 Å². The first-order valence-corrected chi connectivity index (χ1v) is 10.7. The third kappa shape index (κ3) is 3.99. The van der Waals surface area contributed by atoms with Crippen LogP contribution in [-0.4, -0.2) is 38.8 Å². The van der Waals surface area contributed by atoms with Crippen LogP contribution in [0.5, 0.6) is 5.88 Å². The number of aryl methyl sites for hydroxylation is 1. The fraction of sp³-hybridized carbons (Fsp3) is 0.364. The van der Waals surface area contributed by atoms with Crippen molar-refractivity contribution >= 4 is 28.5 Å². The molecule has 1 saturated carbocycles. The number of halogens is 3. The lowest BCUT2D eigenvalue weighted by Crippen LogP contribution is -2.39. The number of aromatic nitrogens is 2. The van der Waals surface area contributed by atoms with Crippen LogP contribution in [0.3, 0.4) is 0 Å². The number of carbonyl (C=O) groups excluding carboxylic acids is 1. The van der Waals surface area contributed by atoms with E-state index in [1.165, 1.54) is 31.5 Å². The summed E-state index contributed by atoms with van der Waals surface area (Å²) in [6.45, 7) is 3.13. The van der Waals surface area contributed by atoms with Gasteiger partial charge in [-0.15, -0.1) is 6.42 Å². The van der Waals surface area contributed by atoms with E-state index < -0.39 is 34.4 Å². The number of ether oxygens (including phenoxy) is 1. The summed E-state index contributed by atoms with van der Waals surface area (Å²) in [5.74, 6) is 0.683. The van der Waals surface area contributed by atoms with Crippen LogP contribution in [0, 0.1) is 31.0 Å². The molecule has 2 aliphatic rings. The largest absolute Gasteiger partial charge is 0.463 e. The molecule has 7 nitrogen and oxygen atoms in total. The first-order chi connectivity index (χ1) is 15.6. The number of fused-ring (bicyclic) bond motifs is 1. The number of hydrogen-bond donors (Lipinski definition) is 2. The number of anilines is 1. The fourth-order valence-electron chi connectivity index (χ4n) is 4.13. The number of amides is 1. The molecule has 0 radical (unpaired) electrons. The number of nitrogens with two attached hydrogens (primary N) is 1. The van der Waals surface area contributed by atoms with Gasteiger partial charge in [-0.1, -0.05) is 17.7 Å². The van der Waals surface area contributed by atoms with Crippen molar-refractivity contribution in [2.24, 2.45) is 16.6 Å². The van der Waals surface area contributed by atoms with Crippen molar-refractivity contribution in [3.8, 4) is 18.2 Å². The molecule has 2 heterocycles. The third-order valence-electron chi connectivity index (χ3n) is 5.86. The maximum Gasteiger partial charge on any atom is 0.275 e. The second-order valence-corrected chi connectivity index (χ2v) is 9.44. The Labute approximate surface area is 192 Å². The van der Waals surface area contributed by atoms with Gasteiger partial charge in [-0.2, -0.15) is 0 Å². The van der Waals surface area contributed by atoms with Gasteiger partial charge in [0.2, 0.25) is 5.88 Å². The van der Waals surface area contributed by atoms with E-state index >= 15 is 4.39 Å². The van der Waals surface area contributed by atoms with Crippen molar-refractivity contribution in [1.82, 2.24) is 9.97 Å². The standard InChI is InChI=1S/C22H20F3N5O2S/c1-4-5-32-16-10-27-14(9-28-16)18(31)29-12-6-11(2)17(23)13(7-12)21(3)15-8-22(15,19(24)25)33-20(26)30-21/h1,6-7,9-10,15,19H,5,8H2,2-3H3,(H2,26,30)(H,29,31)/t15-,21-,22-/m0/s1. The Morgan fingerprint density at radius 3 is 2.82 bits per heavy atom. The number of benzene rings is 1. The molecule has 1 fully saturated rings. The smallest absolute Gasteiger partial charge is 0.275 e. The molecule has 3 atom stereocenters. The predicted molar refractivity (Wildman–Crippen MR) is 119 cm³/mol. The molecule has 0 unspecified atom stereocenters. The fourth-order valence-corrected chi connectivity index (χ4v) is 5.47. The first-order valence-electron chi connectivity index (χ1n) is 9.93. The monoisotopic (exact) mass is 475 g/mol. The number of rotatable bonds is 6. The Balaban J connectivity index is 1.63. The molecule has 1 aliphatic carbocycles. The van der Waals surface area contributed by atoms with Gasteiger partial charge in [0.05, 0.1) is 22.7 Å². The van der Waals surface area contributed by atoms with Gasteiger partial charge in [0, 0.05) is 17.2 Å². The minimum atomic E-state index is -2.63. The molecule has 33 heavy (non-hydrogen) atoms. The molecule has 172 valence electrons. The molecule has 0 bridgehead atoms. The van der Waals surface area contributed by atoms with Crippen LogP contribution in [0.1, 0.15) is 35.0 Å². The molecule has 1 aliphatic heterocycles. The van der Waals surface area contributed by atoms with Crippen LogP contribution in [-0.2, 0) is 5.54 Å². The Morgan fingerprint density at radius 2 is 2.18 bits per heavy atom. The number of nitrogens with one attached hydrogen (secondary N) is 1. The van der Waals surface area contributed by atoms with Gasteiger partial charge in [0.1, 0.15) is 11.5 Å². The lowest BCUT2D eigenvalue weighted by atomic mass is 9.84. The highest BCUT2D eigenvalue weighted by Gasteiger charge is 2.71. The van der Waals surface area contributed by atoms with Crippen molar-refractivity contribution < 1.29 is 22.7 Å². The molecule has 4 rings (SSSR count). The summed E-state index contributed by atoms with van der Waals surface area (Å²) in [5, 5.41) is 2.63. The molecule has 0 spiro atoms. The van der Waals surface area contributed by atoms with E-state index in [0.717, 1.165) is 11.8 Å². The molecular weight excluding hydrogens is 455 g/mol. The number of amidine groups is 1. The highest BCUT2D eigenvalue weighted by atomic mass is 32.2. The summed E-state index contributed by atoms with van der Waals surface area (Å²) >= 11 is 0.845. The van der Waals surface area contributed by atoms with Gasteiger partial charge in [-0.25, -0.2) is 23.1 Å². The minimum Gasteiger partial charge on any atom is -0.463 e. The zero-order chi connectivity index (χ0) is 24.0. The van der Waals surface area contributed by atoms with E-state index in [9.17, 15) is 13.6 Å². The summed E-state index contributed by atoms with van der Waals surface area (Å²) in [6.07, 6.45) is 5.11. The number of hydrogen-bond acceptors (Lipinski definition) is 7. The van der Waals surface area contributed by atoms with Crippen LogP contribution in [0.25, 0.3) is 0 Å². The normalized spacial score (nSPS) is 25.6. The van der Waals surface area contributed by atoms with Gasteiger partial charge in [0.25, 0.3) is 12.3 Å². The minimum absolute atomic E-state index is 0.00645. The second kappa shape index (κ2) is 8.26. The molecule has 1 aromatic heterocycles. The van der Waals surface area contributed by atoms with E-state index in [-0.39, 0.29) is 46.6 Å². The Hall–Kier alpha value is -3.26. The summed E-state index contributed by atoms with van der Waals surface area (Å²) < 4.78 is 46.5. The quantitative estimate of drug-likeness (QED) is 0.620. The maximum absolute atomic E-state index is 15.2. The highest BCUT2D eigenvalue weighted by Crippen LogP contribution is 2.68. The average Bonchev–Trinajstić information content (AvgIpc) is 3.52. The van der Waals surface area contributed by atoms with Gasteiger partial charge < -0.3 is 15.8 Å². The molecular formula is C22H20F3N5O2S. The molecule has 3 N–H and O–H groups in total. The van der Waals surface area contributed by atoms with Crippen LogP contribution >= 0.6 is 11.8 Å². The second-order valence-electron chi connectivity index (χ2n) is 8.05. The van der Waals surface area contributed by atoms with Crippen molar-refractivity contribution in [2.75, 3.05) is 11.9 Å². The number of aliphatic imine (C=N–C) groups is 1. The lowest BCUT2D eigenvalue weighted by molar-refractivity contribution is 0.102. The first kappa shape index (κ1) is 22.9. The van der Waals surface area contributed by atoms with Crippen molar-refractivity contribution in [2.45, 2.75) is 37.0 Å². The summed E-state index contributed by atoms with van der Waals surface area (Å²) in [6, 6.07) is 2.84. The number of terminal acetylenes is 1. The van der Waals surface area contributed by atoms with Crippen LogP contribution in [0.4, 0.5) is 18.9 Å². The number of thioether (sulfide) groups is 1. The Morgan fingerprint density at radius 1 is 1.42 bits per heavy atom. The summed E-state index contributed by atoms with van der Waals surface area (Å²) in [7, 11) is 0. The molecule has 1 amide bonds. The zero-order valence-corrected chi connectivity index (χ0v) is 18.5. The van der Waals surface area contributed by atoms with Crippen LogP contribution < -0.4 is 15.8 Å². The predicted octanol–water partition coefficient (Wildman–Crippen LogP) is 3.49. The van der Waals surface area contributed by atoms with Crippen LogP contribution in [0.2, 0.25) is 0 Å². The van der Waals surface area contributed by atoms with Gasteiger partial charge >= 0.3 is 0 Å². The average molecular weight is 475 g/mol. The van der Waals surface area contributed by atoms with Gasteiger partial charge in [-0.3, -0.25) is 9.79 Å². The summed E-state index contributed by atoms with van der Waals surface area (Å²) in [4.78, 5) is 24.9. The van der Waals surface area contributed by atoms with E-state index in [2.05, 4.69) is 26.2 Å². The van der Waals surface area contributed by atoms with Crippen LogP contribution in [0.15, 0.2) is 29.5 Å². The number of carbonyl (C=O) groups is 1. The van der Waals surface area contributed by atoms with Gasteiger partial charge in [-0.05, 0) is 38.0 Å². The van der Waals surface area contributed by atoms with Crippen molar-refractivity contribution in [3.05, 3.63) is 47.2 Å². The van der Waals surface area contributed by atoms with Gasteiger partial charge in [0.15, 0.2) is 11.8 Å². The van der Waals surface area contributed by atoms with E-state index in [1.807, 2.05) is 0 Å². The Bertz CT molecular complexity index is 1180. The molecule has 2 aromatic rings. The molecule has 11 heteroatoms. The summed E-state index contributed by atoms with van der Waals surface area (Å²) in [5.41, 5.74) is 5.15. The SMILES string of the molecule is C#CCOc1cnc(C(=O)Nc2cc(C)c(F)c([C@]3(C)N=C(N)S[C@@]4(C(F)F)C[C@@H]34)c2)cn1. The molecule has 1 aromatic carbocycles. The van der Waals surface area contributed by atoms with E-state index in [1.54, 1.807) is 6.92 Å². The zero-order valence-electron chi connectivity index (χ0n) is 17.7. The Kier molecular flexibility index (Phi) is 5.74. The number of alkyl halides is 2. The van der Waals surface area contributed by atoms with E-state index in [4.69, 9.17) is 16.9 Å². The topological polar surface area (TPSA) is 102 Å². The highest BCUT2D eigenvalue weighted by molar-refractivity contribution is 8.15. The number of nitrogens with zero attached hydrogens (tertiary/aromatic N) is 3. The van der Waals surface area contributed by atoms with E-state index in [0.29, 0.717) is 0 Å². The lowest BCUT2D eigenvalue weighted by Gasteiger charge is -2.34.